The van der Waals surface area contributed by atoms with E-state index in [1.807, 2.05) is 30.3 Å². The first-order valence-electron chi connectivity index (χ1n) is 10.5. The standard InChI is InChI=1S/C27H21ClN2O4/c1-16(29)13-23(31)25-24(18-5-3-2-4-6-18)22-14-20(28)11-12-21(22)26(32)30(25)15-17-7-9-19(10-8-17)27(33)34/h2-14H,15,29H2,1H3,(H,33,34)/b16-13+. The van der Waals surface area contributed by atoms with Crippen LogP contribution in [0.1, 0.15) is 33.3 Å². The van der Waals surface area contributed by atoms with Gasteiger partial charge < -0.3 is 10.8 Å². The Morgan fingerprint density at radius 2 is 1.68 bits per heavy atom. The number of hydrogen-bond acceptors (Lipinski definition) is 4. The number of aromatic carboxylic acids is 1. The summed E-state index contributed by atoms with van der Waals surface area (Å²) in [5.41, 5.74) is 8.06. The van der Waals surface area contributed by atoms with Crippen molar-refractivity contribution in [1.82, 2.24) is 4.57 Å². The highest BCUT2D eigenvalue weighted by atomic mass is 35.5. The van der Waals surface area contributed by atoms with Crippen LogP contribution in [0.15, 0.2) is 89.4 Å². The SMILES string of the molecule is C/C(N)=C\C(=O)c1c(-c2ccccc2)c2cc(Cl)ccc2c(=O)n1Cc1ccc(C(=O)O)cc1. The fraction of sp³-hybridized carbons (Fsp3) is 0.0741. The summed E-state index contributed by atoms with van der Waals surface area (Å²) in [6.07, 6.45) is 1.29. The van der Waals surface area contributed by atoms with Gasteiger partial charge in [0.15, 0.2) is 0 Å². The number of carboxylic acids is 1. The highest BCUT2D eigenvalue weighted by molar-refractivity contribution is 6.31. The van der Waals surface area contributed by atoms with Crippen molar-refractivity contribution >= 4 is 34.1 Å². The number of ketones is 1. The van der Waals surface area contributed by atoms with Gasteiger partial charge in [-0.3, -0.25) is 14.2 Å². The fourth-order valence-electron chi connectivity index (χ4n) is 3.93. The number of carboxylic acid groups (broad SMARTS) is 1. The molecule has 1 heterocycles. The van der Waals surface area contributed by atoms with Crippen molar-refractivity contribution in [3.63, 3.8) is 0 Å². The van der Waals surface area contributed by atoms with Crippen molar-refractivity contribution < 1.29 is 14.7 Å². The van der Waals surface area contributed by atoms with Gasteiger partial charge in [-0.1, -0.05) is 54.1 Å². The van der Waals surface area contributed by atoms with E-state index in [1.54, 1.807) is 37.3 Å². The molecule has 0 fully saturated rings. The lowest BCUT2D eigenvalue weighted by Crippen LogP contribution is -2.28. The zero-order chi connectivity index (χ0) is 24.4. The van der Waals surface area contributed by atoms with Crippen molar-refractivity contribution in [2.24, 2.45) is 5.73 Å². The van der Waals surface area contributed by atoms with E-state index < -0.39 is 11.8 Å². The molecule has 6 nitrogen and oxygen atoms in total. The number of halogens is 1. The van der Waals surface area contributed by atoms with Crippen molar-refractivity contribution in [3.05, 3.63) is 117 Å². The molecule has 0 amide bonds. The first kappa shape index (κ1) is 23.0. The quantitative estimate of drug-likeness (QED) is 0.300. The molecule has 3 aromatic carbocycles. The fourth-order valence-corrected chi connectivity index (χ4v) is 4.11. The van der Waals surface area contributed by atoms with Crippen LogP contribution in [-0.2, 0) is 6.54 Å². The van der Waals surface area contributed by atoms with Crippen LogP contribution in [-0.4, -0.2) is 21.4 Å². The maximum Gasteiger partial charge on any atom is 0.335 e. The Morgan fingerprint density at radius 3 is 2.29 bits per heavy atom. The number of allylic oxidation sites excluding steroid dienone is 2. The van der Waals surface area contributed by atoms with Gasteiger partial charge in [-0.2, -0.15) is 0 Å². The molecule has 170 valence electrons. The van der Waals surface area contributed by atoms with Crippen LogP contribution >= 0.6 is 11.6 Å². The van der Waals surface area contributed by atoms with Gasteiger partial charge in [0.05, 0.1) is 12.1 Å². The van der Waals surface area contributed by atoms with E-state index in [-0.39, 0.29) is 23.4 Å². The topological polar surface area (TPSA) is 102 Å². The highest BCUT2D eigenvalue weighted by Gasteiger charge is 2.23. The van der Waals surface area contributed by atoms with Gasteiger partial charge in [0, 0.05) is 27.7 Å². The predicted octanol–water partition coefficient (Wildman–Crippen LogP) is 5.11. The van der Waals surface area contributed by atoms with Crippen molar-refractivity contribution in [2.45, 2.75) is 13.5 Å². The molecule has 0 aliphatic heterocycles. The highest BCUT2D eigenvalue weighted by Crippen LogP contribution is 2.33. The van der Waals surface area contributed by atoms with Crippen LogP contribution < -0.4 is 11.3 Å². The van der Waals surface area contributed by atoms with Gasteiger partial charge in [-0.05, 0) is 53.8 Å². The number of benzene rings is 3. The molecule has 0 saturated carbocycles. The molecule has 0 bridgehead atoms. The van der Waals surface area contributed by atoms with Crippen LogP contribution in [0.3, 0.4) is 0 Å². The minimum atomic E-state index is -1.04. The number of fused-ring (bicyclic) bond motifs is 1. The Labute approximate surface area is 200 Å². The number of nitrogens with zero attached hydrogens (tertiary/aromatic N) is 1. The number of pyridine rings is 1. The van der Waals surface area contributed by atoms with E-state index in [0.717, 1.165) is 5.56 Å². The average molecular weight is 473 g/mol. The molecule has 7 heteroatoms. The van der Waals surface area contributed by atoms with Crippen molar-refractivity contribution in [1.29, 1.82) is 0 Å². The smallest absolute Gasteiger partial charge is 0.335 e. The Hall–Kier alpha value is -4.16. The first-order valence-corrected chi connectivity index (χ1v) is 10.9. The third kappa shape index (κ3) is 4.49. The second-order valence-corrected chi connectivity index (χ2v) is 8.36. The molecule has 3 N–H and O–H groups in total. The summed E-state index contributed by atoms with van der Waals surface area (Å²) in [5.74, 6) is -1.46. The summed E-state index contributed by atoms with van der Waals surface area (Å²) in [7, 11) is 0. The summed E-state index contributed by atoms with van der Waals surface area (Å²) in [5, 5.41) is 10.6. The van der Waals surface area contributed by atoms with Crippen LogP contribution in [0.4, 0.5) is 0 Å². The minimum absolute atomic E-state index is 0.0651. The van der Waals surface area contributed by atoms with E-state index in [1.165, 1.54) is 22.8 Å². The monoisotopic (exact) mass is 472 g/mol. The lowest BCUT2D eigenvalue weighted by atomic mass is 9.94. The van der Waals surface area contributed by atoms with Crippen molar-refractivity contribution in [3.8, 4) is 11.1 Å². The average Bonchev–Trinajstić information content (AvgIpc) is 2.81. The van der Waals surface area contributed by atoms with E-state index in [9.17, 15) is 19.5 Å². The van der Waals surface area contributed by atoms with Crippen molar-refractivity contribution in [2.75, 3.05) is 0 Å². The van der Waals surface area contributed by atoms with Gasteiger partial charge >= 0.3 is 5.97 Å². The molecule has 4 rings (SSSR count). The number of hydrogen-bond donors (Lipinski definition) is 2. The number of nitrogens with two attached hydrogens (primary N) is 1. The predicted molar refractivity (Wildman–Crippen MR) is 133 cm³/mol. The van der Waals surface area contributed by atoms with E-state index in [4.69, 9.17) is 17.3 Å². The summed E-state index contributed by atoms with van der Waals surface area (Å²) in [4.78, 5) is 38.3. The molecule has 0 radical (unpaired) electrons. The Morgan fingerprint density at radius 1 is 1.00 bits per heavy atom. The number of carbonyl (C=O) groups is 2. The summed E-state index contributed by atoms with van der Waals surface area (Å²) in [6.45, 7) is 1.67. The molecule has 0 unspecified atom stereocenters. The molecule has 1 aromatic heterocycles. The summed E-state index contributed by atoms with van der Waals surface area (Å²) >= 11 is 6.28. The van der Waals surface area contributed by atoms with E-state index >= 15 is 0 Å². The molecule has 0 aliphatic rings. The third-order valence-corrected chi connectivity index (χ3v) is 5.66. The Kier molecular flexibility index (Phi) is 6.34. The number of carbonyl (C=O) groups excluding carboxylic acids is 1. The van der Waals surface area contributed by atoms with Crippen LogP contribution in [0.5, 0.6) is 0 Å². The molecular weight excluding hydrogens is 452 g/mol. The Bertz CT molecular complexity index is 1500. The molecule has 0 aliphatic carbocycles. The summed E-state index contributed by atoms with van der Waals surface area (Å²) in [6, 6.07) is 20.4. The van der Waals surface area contributed by atoms with E-state index in [2.05, 4.69) is 0 Å². The zero-order valence-corrected chi connectivity index (χ0v) is 19.0. The van der Waals surface area contributed by atoms with Crippen LogP contribution in [0.25, 0.3) is 21.9 Å². The zero-order valence-electron chi connectivity index (χ0n) is 18.3. The van der Waals surface area contributed by atoms with Gasteiger partial charge in [0.25, 0.3) is 5.56 Å². The van der Waals surface area contributed by atoms with Crippen LogP contribution in [0, 0.1) is 0 Å². The molecule has 0 spiro atoms. The van der Waals surface area contributed by atoms with Crippen LogP contribution in [0.2, 0.25) is 5.02 Å². The molecule has 0 atom stereocenters. The normalized spacial score (nSPS) is 11.5. The second-order valence-electron chi connectivity index (χ2n) is 7.93. The van der Waals surface area contributed by atoms with Gasteiger partial charge in [0.1, 0.15) is 5.69 Å². The minimum Gasteiger partial charge on any atom is -0.478 e. The summed E-state index contributed by atoms with van der Waals surface area (Å²) < 4.78 is 1.41. The molecule has 4 aromatic rings. The molecule has 0 saturated heterocycles. The second kappa shape index (κ2) is 9.37. The molecular formula is C27H21ClN2O4. The largest absolute Gasteiger partial charge is 0.478 e. The maximum absolute atomic E-state index is 13.6. The Balaban J connectivity index is 2.08. The van der Waals surface area contributed by atoms with Gasteiger partial charge in [0.2, 0.25) is 5.78 Å². The lowest BCUT2D eigenvalue weighted by molar-refractivity contribution is 0.0696. The number of rotatable bonds is 6. The third-order valence-electron chi connectivity index (χ3n) is 5.43. The van der Waals surface area contributed by atoms with Gasteiger partial charge in [-0.25, -0.2) is 4.79 Å². The lowest BCUT2D eigenvalue weighted by Gasteiger charge is -2.19. The van der Waals surface area contributed by atoms with Gasteiger partial charge in [-0.15, -0.1) is 0 Å². The first-order chi connectivity index (χ1) is 16.3. The maximum atomic E-state index is 13.6. The number of aromatic nitrogens is 1. The van der Waals surface area contributed by atoms with E-state index in [0.29, 0.717) is 32.6 Å². The molecule has 34 heavy (non-hydrogen) atoms.